The van der Waals surface area contributed by atoms with Crippen molar-refractivity contribution < 1.29 is 4.39 Å². The second-order valence-corrected chi connectivity index (χ2v) is 4.73. The molecular weight excluding hydrogens is 247 g/mol. The molecule has 6 heteroatoms. The Morgan fingerprint density at radius 2 is 2.11 bits per heavy atom. The van der Waals surface area contributed by atoms with E-state index in [2.05, 4.69) is 15.5 Å². The van der Waals surface area contributed by atoms with E-state index >= 15 is 0 Å². The number of nitrogens with zero attached hydrogens (tertiary/aromatic N) is 2. The van der Waals surface area contributed by atoms with Gasteiger partial charge < -0.3 is 5.32 Å². The van der Waals surface area contributed by atoms with Crippen molar-refractivity contribution >= 4 is 0 Å². The van der Waals surface area contributed by atoms with Crippen molar-refractivity contribution in [3.63, 3.8) is 0 Å². The Balaban J connectivity index is 2.05. The van der Waals surface area contributed by atoms with Gasteiger partial charge in [0.2, 0.25) is 0 Å². The van der Waals surface area contributed by atoms with E-state index in [1.807, 2.05) is 0 Å². The molecule has 0 unspecified atom stereocenters. The summed E-state index contributed by atoms with van der Waals surface area (Å²) in [5.74, 6) is 0.558. The van der Waals surface area contributed by atoms with E-state index in [1.165, 1.54) is 16.7 Å². The largest absolute Gasteiger partial charge is 0.347 e. The van der Waals surface area contributed by atoms with Gasteiger partial charge in [0, 0.05) is 5.92 Å². The van der Waals surface area contributed by atoms with Crippen molar-refractivity contribution in [1.82, 2.24) is 20.1 Å². The fourth-order valence-corrected chi connectivity index (χ4v) is 2.53. The molecule has 1 aromatic heterocycles. The van der Waals surface area contributed by atoms with E-state index in [-0.39, 0.29) is 17.4 Å². The van der Waals surface area contributed by atoms with Gasteiger partial charge in [0.1, 0.15) is 11.6 Å². The molecule has 0 amide bonds. The Labute approximate surface area is 109 Å². The summed E-state index contributed by atoms with van der Waals surface area (Å²) in [5.41, 5.74) is 0.200. The second-order valence-electron chi connectivity index (χ2n) is 4.73. The van der Waals surface area contributed by atoms with Gasteiger partial charge >= 0.3 is 5.69 Å². The zero-order chi connectivity index (χ0) is 13.2. The minimum absolute atomic E-state index is 0.225. The predicted molar refractivity (Wildman–Crippen MR) is 69.0 cm³/mol. The van der Waals surface area contributed by atoms with Crippen molar-refractivity contribution in [3.05, 3.63) is 46.4 Å². The van der Waals surface area contributed by atoms with E-state index in [0.717, 1.165) is 25.9 Å². The van der Waals surface area contributed by atoms with Crippen LogP contribution in [0.5, 0.6) is 0 Å². The average molecular weight is 262 g/mol. The Morgan fingerprint density at radius 1 is 1.32 bits per heavy atom. The summed E-state index contributed by atoms with van der Waals surface area (Å²) >= 11 is 0. The molecule has 1 aliphatic heterocycles. The van der Waals surface area contributed by atoms with Crippen LogP contribution < -0.4 is 11.0 Å². The van der Waals surface area contributed by atoms with Gasteiger partial charge in [-0.3, -0.25) is 0 Å². The third-order valence-corrected chi connectivity index (χ3v) is 3.47. The van der Waals surface area contributed by atoms with E-state index in [4.69, 9.17) is 0 Å². The Kier molecular flexibility index (Phi) is 3.16. The van der Waals surface area contributed by atoms with Gasteiger partial charge in [0.05, 0.1) is 5.69 Å². The zero-order valence-electron chi connectivity index (χ0n) is 10.4. The number of rotatable bonds is 2. The number of benzene rings is 1. The highest BCUT2D eigenvalue weighted by atomic mass is 19.1. The van der Waals surface area contributed by atoms with Crippen molar-refractivity contribution in [1.29, 1.82) is 0 Å². The van der Waals surface area contributed by atoms with Crippen LogP contribution in [0.25, 0.3) is 5.69 Å². The molecule has 1 aromatic carbocycles. The zero-order valence-corrected chi connectivity index (χ0v) is 10.4. The average Bonchev–Trinajstić information content (AvgIpc) is 2.82. The third-order valence-electron chi connectivity index (χ3n) is 3.47. The molecule has 1 aliphatic rings. The number of piperidine rings is 1. The molecular formula is C13H15FN4O. The first-order valence-corrected chi connectivity index (χ1v) is 6.39. The van der Waals surface area contributed by atoms with Crippen molar-refractivity contribution in [2.75, 3.05) is 13.1 Å². The maximum absolute atomic E-state index is 13.3. The molecule has 0 bridgehead atoms. The molecule has 3 rings (SSSR count). The molecule has 2 N–H and O–H groups in total. The quantitative estimate of drug-likeness (QED) is 0.854. The van der Waals surface area contributed by atoms with Crippen LogP contribution in [-0.2, 0) is 0 Å². The van der Waals surface area contributed by atoms with Gasteiger partial charge in [-0.25, -0.2) is 18.9 Å². The van der Waals surface area contributed by atoms with E-state index in [0.29, 0.717) is 11.5 Å². The monoisotopic (exact) mass is 262 g/mol. The summed E-state index contributed by atoms with van der Waals surface area (Å²) in [6.45, 7) is 1.82. The number of H-pyrrole nitrogens is 1. The molecule has 0 radical (unpaired) electrons. The first-order valence-electron chi connectivity index (χ1n) is 6.39. The summed E-state index contributed by atoms with van der Waals surface area (Å²) in [6.07, 6.45) is 1.86. The predicted octanol–water partition coefficient (Wildman–Crippen LogP) is 1.17. The van der Waals surface area contributed by atoms with Gasteiger partial charge in [0.15, 0.2) is 0 Å². The van der Waals surface area contributed by atoms with Gasteiger partial charge in [0.25, 0.3) is 0 Å². The summed E-state index contributed by atoms with van der Waals surface area (Å²) in [5, 5.41) is 9.86. The number of aromatic amines is 1. The Bertz CT molecular complexity index is 628. The number of aromatic nitrogens is 3. The van der Waals surface area contributed by atoms with E-state index in [9.17, 15) is 9.18 Å². The van der Waals surface area contributed by atoms with Crippen LogP contribution in [0.1, 0.15) is 24.6 Å². The molecule has 0 aliphatic carbocycles. The van der Waals surface area contributed by atoms with E-state index < -0.39 is 0 Å². The lowest BCUT2D eigenvalue weighted by molar-refractivity contribution is 0.440. The summed E-state index contributed by atoms with van der Waals surface area (Å²) < 4.78 is 14.8. The molecule has 0 spiro atoms. The van der Waals surface area contributed by atoms with Gasteiger partial charge in [-0.2, -0.15) is 5.10 Å². The number of hydrogen-bond donors (Lipinski definition) is 2. The van der Waals surface area contributed by atoms with Gasteiger partial charge in [-0.05, 0) is 44.1 Å². The molecule has 2 aromatic rings. The SMILES string of the molecule is O=c1[nH]nc(C2CCNCC2)n1-c1cccc(F)c1. The van der Waals surface area contributed by atoms with Crippen LogP contribution >= 0.6 is 0 Å². The third kappa shape index (κ3) is 2.31. The topological polar surface area (TPSA) is 62.7 Å². The summed E-state index contributed by atoms with van der Waals surface area (Å²) in [6, 6.07) is 6.02. The normalized spacial score (nSPS) is 16.7. The lowest BCUT2D eigenvalue weighted by Gasteiger charge is -2.22. The van der Waals surface area contributed by atoms with Gasteiger partial charge in [-0.1, -0.05) is 6.07 Å². The Morgan fingerprint density at radius 3 is 2.84 bits per heavy atom. The number of halogens is 1. The summed E-state index contributed by atoms with van der Waals surface area (Å²) in [4.78, 5) is 11.9. The first kappa shape index (κ1) is 12.1. The van der Waals surface area contributed by atoms with Crippen LogP contribution in [0.4, 0.5) is 4.39 Å². The highest BCUT2D eigenvalue weighted by Crippen LogP contribution is 2.24. The van der Waals surface area contributed by atoms with Crippen molar-refractivity contribution in [3.8, 4) is 5.69 Å². The minimum Gasteiger partial charge on any atom is -0.317 e. The van der Waals surface area contributed by atoms with Crippen molar-refractivity contribution in [2.45, 2.75) is 18.8 Å². The van der Waals surface area contributed by atoms with Crippen molar-refractivity contribution in [2.24, 2.45) is 0 Å². The van der Waals surface area contributed by atoms with Crippen LogP contribution in [0, 0.1) is 5.82 Å². The first-order chi connectivity index (χ1) is 9.25. The minimum atomic E-state index is -0.359. The molecule has 1 saturated heterocycles. The fraction of sp³-hybridized carbons (Fsp3) is 0.385. The van der Waals surface area contributed by atoms with Crippen LogP contribution in [0.3, 0.4) is 0 Å². The molecule has 0 saturated carbocycles. The molecule has 1 fully saturated rings. The molecule has 100 valence electrons. The number of nitrogens with one attached hydrogen (secondary N) is 2. The molecule has 0 atom stereocenters. The highest BCUT2D eigenvalue weighted by Gasteiger charge is 2.22. The molecule has 5 nitrogen and oxygen atoms in total. The smallest absolute Gasteiger partial charge is 0.317 e. The maximum atomic E-state index is 13.3. The number of hydrogen-bond acceptors (Lipinski definition) is 3. The van der Waals surface area contributed by atoms with Crippen LogP contribution in [0.2, 0.25) is 0 Å². The van der Waals surface area contributed by atoms with Crippen LogP contribution in [-0.4, -0.2) is 27.9 Å². The standard InChI is InChI=1S/C13H15FN4O/c14-10-2-1-3-11(8-10)18-12(16-17-13(18)19)9-4-6-15-7-5-9/h1-3,8-9,15H,4-7H2,(H,17,19). The maximum Gasteiger partial charge on any atom is 0.347 e. The lowest BCUT2D eigenvalue weighted by atomic mass is 9.97. The Hall–Kier alpha value is -1.95. The lowest BCUT2D eigenvalue weighted by Crippen LogP contribution is -2.29. The van der Waals surface area contributed by atoms with Gasteiger partial charge in [-0.15, -0.1) is 0 Å². The molecule has 19 heavy (non-hydrogen) atoms. The fourth-order valence-electron chi connectivity index (χ4n) is 2.53. The summed E-state index contributed by atoms with van der Waals surface area (Å²) in [7, 11) is 0. The van der Waals surface area contributed by atoms with Crippen LogP contribution in [0.15, 0.2) is 29.1 Å². The molecule has 2 heterocycles. The second kappa shape index (κ2) is 4.97. The highest BCUT2D eigenvalue weighted by molar-refractivity contribution is 5.33. The van der Waals surface area contributed by atoms with E-state index in [1.54, 1.807) is 12.1 Å².